The van der Waals surface area contributed by atoms with E-state index in [1.165, 1.54) is 12.1 Å². The first-order valence-corrected chi connectivity index (χ1v) is 19.2. The van der Waals surface area contributed by atoms with Gasteiger partial charge in [-0.05, 0) is 92.2 Å². The molecule has 0 spiro atoms. The molecule has 0 bridgehead atoms. The molecule has 20 heteroatoms. The summed E-state index contributed by atoms with van der Waals surface area (Å²) >= 11 is 3.02. The van der Waals surface area contributed by atoms with Crippen LogP contribution in [0.2, 0.25) is 0 Å². The molecule has 1 saturated heterocycles. The fourth-order valence-electron chi connectivity index (χ4n) is 4.44. The van der Waals surface area contributed by atoms with Gasteiger partial charge in [0.05, 0.1) is 46.9 Å². The average Bonchev–Trinajstić information content (AvgIpc) is 3.84. The molecule has 0 aromatic carbocycles. The number of hydrogen-bond acceptors (Lipinski definition) is 12. The van der Waals surface area contributed by atoms with Gasteiger partial charge in [-0.1, -0.05) is 12.1 Å². The highest BCUT2D eigenvalue weighted by atomic mass is 79.9. The maximum absolute atomic E-state index is 11.3. The Morgan fingerprint density at radius 2 is 1.19 bits per heavy atom. The highest BCUT2D eigenvalue weighted by Gasteiger charge is 2.52. The van der Waals surface area contributed by atoms with Gasteiger partial charge < -0.3 is 9.31 Å². The Hall–Kier alpha value is -4.70. The number of sulfonamides is 2. The lowest BCUT2D eigenvalue weighted by Gasteiger charge is -2.32. The average molecular weight is 810 g/mol. The first kappa shape index (κ1) is 38.5. The van der Waals surface area contributed by atoms with Crippen molar-refractivity contribution in [2.45, 2.75) is 48.9 Å². The summed E-state index contributed by atoms with van der Waals surface area (Å²) in [6, 6.07) is 16.6. The Kier molecular flexibility index (Phi) is 11.5. The lowest BCUT2D eigenvalue weighted by molar-refractivity contribution is 0.00578. The lowest BCUT2D eigenvalue weighted by Crippen LogP contribution is -2.41. The van der Waals surface area contributed by atoms with Crippen LogP contribution in [0, 0.1) is 0 Å². The molecule has 0 aliphatic carbocycles. The van der Waals surface area contributed by atoms with Gasteiger partial charge in [0, 0.05) is 42.0 Å². The van der Waals surface area contributed by atoms with E-state index >= 15 is 0 Å². The predicted molar refractivity (Wildman–Crippen MR) is 196 cm³/mol. The number of hydrogen-bond donors (Lipinski definition) is 2. The fourth-order valence-corrected chi connectivity index (χ4v) is 5.88. The molecule has 0 amide bonds. The maximum atomic E-state index is 11.3. The van der Waals surface area contributed by atoms with E-state index in [9.17, 15) is 16.8 Å². The SMILES string of the molecule is CC1(C)OB(c2cnn(-c3cccnc3)c2)OC1(C)C.NS(=O)(=O)c1cccc(-c2cnn(-c3cccnc3)c2)n1.NS(=O)(=O)c1cccc(Br)n1. The molecule has 6 aromatic heterocycles. The Balaban J connectivity index is 0.000000158. The molecule has 270 valence electrons. The van der Waals surface area contributed by atoms with Crippen molar-refractivity contribution < 1.29 is 26.1 Å². The van der Waals surface area contributed by atoms with Gasteiger partial charge >= 0.3 is 7.12 Å². The number of primary sulfonamides is 2. The molecule has 0 saturated carbocycles. The van der Waals surface area contributed by atoms with Crippen LogP contribution in [0.25, 0.3) is 22.6 Å². The zero-order chi connectivity index (χ0) is 37.7. The van der Waals surface area contributed by atoms with Gasteiger partial charge in [0.15, 0.2) is 10.1 Å². The van der Waals surface area contributed by atoms with Crippen LogP contribution in [0.5, 0.6) is 0 Å². The predicted octanol–water partition coefficient (Wildman–Crippen LogP) is 3.03. The summed E-state index contributed by atoms with van der Waals surface area (Å²) in [5, 5.41) is 18.1. The Morgan fingerprint density at radius 3 is 1.69 bits per heavy atom. The Morgan fingerprint density at radius 1 is 0.673 bits per heavy atom. The van der Waals surface area contributed by atoms with Crippen molar-refractivity contribution >= 4 is 48.6 Å². The number of nitrogens with zero attached hydrogens (tertiary/aromatic N) is 8. The number of aromatic nitrogens is 8. The minimum Gasteiger partial charge on any atom is -0.399 e. The summed E-state index contributed by atoms with van der Waals surface area (Å²) in [5.74, 6) is 0. The highest BCUT2D eigenvalue weighted by molar-refractivity contribution is 9.10. The molecule has 1 aliphatic heterocycles. The van der Waals surface area contributed by atoms with Crippen molar-refractivity contribution in [3.63, 3.8) is 0 Å². The highest BCUT2D eigenvalue weighted by Crippen LogP contribution is 2.36. The first-order chi connectivity index (χ1) is 24.4. The summed E-state index contributed by atoms with van der Waals surface area (Å²) in [6.07, 6.45) is 13.9. The second-order valence-electron chi connectivity index (χ2n) is 12.2. The number of halogens is 1. The van der Waals surface area contributed by atoms with Crippen molar-refractivity contribution in [3.05, 3.63) is 115 Å². The maximum Gasteiger partial charge on any atom is 0.498 e. The van der Waals surface area contributed by atoms with Gasteiger partial charge in [-0.15, -0.1) is 0 Å². The van der Waals surface area contributed by atoms with Crippen LogP contribution >= 0.6 is 15.9 Å². The quantitative estimate of drug-likeness (QED) is 0.183. The van der Waals surface area contributed by atoms with Gasteiger partial charge in [0.2, 0.25) is 0 Å². The summed E-state index contributed by atoms with van der Waals surface area (Å²) in [4.78, 5) is 15.8. The molecule has 7 rings (SSSR count). The van der Waals surface area contributed by atoms with E-state index in [0.717, 1.165) is 16.8 Å². The molecule has 1 fully saturated rings. The molecule has 6 aromatic rings. The van der Waals surface area contributed by atoms with Gasteiger partial charge in [-0.3, -0.25) is 9.97 Å². The Bertz CT molecular complexity index is 2350. The first-order valence-electron chi connectivity index (χ1n) is 15.3. The van der Waals surface area contributed by atoms with Crippen molar-refractivity contribution in [2.24, 2.45) is 10.3 Å². The van der Waals surface area contributed by atoms with Crippen LogP contribution < -0.4 is 15.7 Å². The monoisotopic (exact) mass is 808 g/mol. The standard InChI is InChI=1S/C14H18BN3O2.C13H11N5O2S.C5H5BrN2O2S/c1-13(2)14(3,4)20-15(19-13)11-8-17-18(10-11)12-6-5-7-16-9-12;14-21(19,20)13-5-1-4-12(17-13)10-7-16-18(9-10)11-3-2-6-15-8-11;6-4-2-1-3-5(8-4)11(7,9)10/h5-10H,1-4H3;1-9H,(H2,14,19,20);1-3H,(H2,7,9,10). The Labute approximate surface area is 309 Å². The van der Waals surface area contributed by atoms with E-state index in [0.29, 0.717) is 15.9 Å². The van der Waals surface area contributed by atoms with Crippen molar-refractivity contribution in [3.8, 4) is 22.6 Å². The third-order valence-electron chi connectivity index (χ3n) is 7.82. The zero-order valence-corrected chi connectivity index (χ0v) is 31.6. The van der Waals surface area contributed by atoms with E-state index in [-0.39, 0.29) is 28.4 Å². The summed E-state index contributed by atoms with van der Waals surface area (Å²) < 4.78 is 59.9. The summed E-state index contributed by atoms with van der Waals surface area (Å²) in [5.41, 5.74) is 3.11. The second kappa shape index (κ2) is 15.5. The minimum atomic E-state index is -3.83. The van der Waals surface area contributed by atoms with Gasteiger partial charge in [-0.2, -0.15) is 10.2 Å². The fraction of sp³-hybridized carbons (Fsp3) is 0.188. The molecule has 1 aliphatic rings. The molecular formula is C32H34BBrN10O6S2. The normalized spacial score (nSPS) is 14.9. The van der Waals surface area contributed by atoms with E-state index in [1.807, 2.05) is 52.1 Å². The molecular weight excluding hydrogens is 775 g/mol. The second-order valence-corrected chi connectivity index (χ2v) is 16.0. The summed E-state index contributed by atoms with van der Waals surface area (Å²) in [7, 11) is -7.88. The van der Waals surface area contributed by atoms with Crippen LogP contribution in [0.1, 0.15) is 27.7 Å². The molecule has 4 N–H and O–H groups in total. The largest absolute Gasteiger partial charge is 0.498 e. The van der Waals surface area contributed by atoms with Crippen LogP contribution in [0.3, 0.4) is 0 Å². The molecule has 7 heterocycles. The third-order valence-corrected chi connectivity index (χ3v) is 9.89. The zero-order valence-electron chi connectivity index (χ0n) is 28.3. The van der Waals surface area contributed by atoms with Crippen LogP contribution in [-0.2, 0) is 29.4 Å². The van der Waals surface area contributed by atoms with Gasteiger partial charge in [-0.25, -0.2) is 46.4 Å². The van der Waals surface area contributed by atoms with Crippen LogP contribution in [-0.4, -0.2) is 74.7 Å². The van der Waals surface area contributed by atoms with Gasteiger partial charge in [0.1, 0.15) is 4.60 Å². The van der Waals surface area contributed by atoms with E-state index in [2.05, 4.69) is 46.1 Å². The smallest absolute Gasteiger partial charge is 0.399 e. The number of rotatable bonds is 6. The summed E-state index contributed by atoms with van der Waals surface area (Å²) in [6.45, 7) is 8.16. The lowest BCUT2D eigenvalue weighted by atomic mass is 9.82. The van der Waals surface area contributed by atoms with Crippen molar-refractivity contribution in [2.75, 3.05) is 0 Å². The number of nitrogens with two attached hydrogens (primary N) is 2. The van der Waals surface area contributed by atoms with E-state index in [1.54, 1.807) is 83.1 Å². The molecule has 0 unspecified atom stereocenters. The van der Waals surface area contributed by atoms with Crippen molar-refractivity contribution in [1.29, 1.82) is 0 Å². The van der Waals surface area contributed by atoms with Gasteiger partial charge in [0.25, 0.3) is 20.0 Å². The minimum absolute atomic E-state index is 0.133. The molecule has 0 atom stereocenters. The topological polar surface area (TPSA) is 226 Å². The van der Waals surface area contributed by atoms with Crippen LogP contribution in [0.4, 0.5) is 0 Å². The molecule has 16 nitrogen and oxygen atoms in total. The number of pyridine rings is 4. The third kappa shape index (κ3) is 9.59. The molecule has 0 radical (unpaired) electrons. The van der Waals surface area contributed by atoms with Crippen LogP contribution in [0.15, 0.2) is 125 Å². The van der Waals surface area contributed by atoms with E-state index < -0.39 is 20.0 Å². The van der Waals surface area contributed by atoms with Crippen molar-refractivity contribution in [1.82, 2.24) is 39.5 Å². The van der Waals surface area contributed by atoms with E-state index in [4.69, 9.17) is 19.6 Å². The molecule has 52 heavy (non-hydrogen) atoms.